The monoisotopic (exact) mass is 209 g/mol. The molecule has 4 unspecified atom stereocenters. The van der Waals surface area contributed by atoms with Gasteiger partial charge in [-0.05, 0) is 51.6 Å². The molecule has 0 heterocycles. The van der Waals surface area contributed by atoms with Crippen LogP contribution < -0.4 is 0 Å². The Kier molecular flexibility index (Phi) is 3.71. The van der Waals surface area contributed by atoms with Gasteiger partial charge in [-0.2, -0.15) is 0 Å². The van der Waals surface area contributed by atoms with Gasteiger partial charge in [-0.3, -0.25) is 0 Å². The first-order valence-corrected chi connectivity index (χ1v) is 6.86. The van der Waals surface area contributed by atoms with E-state index in [-0.39, 0.29) is 0 Å². The van der Waals surface area contributed by atoms with Crippen LogP contribution in [0.25, 0.3) is 0 Å². The van der Waals surface area contributed by atoms with Crippen LogP contribution in [0.2, 0.25) is 0 Å². The third kappa shape index (κ3) is 2.38. The molecule has 0 amide bonds. The first-order chi connectivity index (χ1) is 7.20. The Balaban J connectivity index is 2.03. The quantitative estimate of drug-likeness (QED) is 0.672. The zero-order valence-corrected chi connectivity index (χ0v) is 10.7. The summed E-state index contributed by atoms with van der Waals surface area (Å²) in [6.07, 6.45) is 10.6. The van der Waals surface area contributed by atoms with Crippen molar-refractivity contribution in [1.82, 2.24) is 4.90 Å². The highest BCUT2D eigenvalue weighted by Gasteiger charge is 2.37. The number of hydrogen-bond acceptors (Lipinski definition) is 1. The van der Waals surface area contributed by atoms with Gasteiger partial charge in [0.25, 0.3) is 0 Å². The van der Waals surface area contributed by atoms with Crippen molar-refractivity contribution in [2.75, 3.05) is 14.1 Å². The molecule has 15 heavy (non-hydrogen) atoms. The van der Waals surface area contributed by atoms with Crippen LogP contribution in [0.1, 0.15) is 51.9 Å². The minimum absolute atomic E-state index is 0.788. The van der Waals surface area contributed by atoms with E-state index in [1.54, 1.807) is 0 Å². The van der Waals surface area contributed by atoms with Crippen LogP contribution in [-0.4, -0.2) is 25.0 Å². The molecular formula is C14H27N. The number of rotatable bonds is 2. The maximum absolute atomic E-state index is 2.43. The van der Waals surface area contributed by atoms with Gasteiger partial charge in [0.2, 0.25) is 0 Å². The molecule has 2 aliphatic rings. The van der Waals surface area contributed by atoms with Crippen molar-refractivity contribution in [3.8, 4) is 0 Å². The van der Waals surface area contributed by atoms with E-state index in [1.165, 1.54) is 44.9 Å². The molecular weight excluding hydrogens is 182 g/mol. The van der Waals surface area contributed by atoms with Crippen molar-refractivity contribution in [3.05, 3.63) is 0 Å². The molecule has 2 rings (SSSR count). The van der Waals surface area contributed by atoms with Crippen LogP contribution in [0.4, 0.5) is 0 Å². The number of hydrogen-bond donors (Lipinski definition) is 0. The minimum Gasteiger partial charge on any atom is -0.306 e. The summed E-state index contributed by atoms with van der Waals surface area (Å²) in [5.41, 5.74) is 0. The Morgan fingerprint density at radius 2 is 1.60 bits per heavy atom. The van der Waals surface area contributed by atoms with Gasteiger partial charge >= 0.3 is 0 Å². The molecule has 2 fully saturated rings. The van der Waals surface area contributed by atoms with Gasteiger partial charge in [0.15, 0.2) is 0 Å². The lowest BCUT2D eigenvalue weighted by atomic mass is 9.63. The molecule has 0 spiro atoms. The topological polar surface area (TPSA) is 3.24 Å². The molecule has 0 saturated heterocycles. The standard InChI is InChI=1S/C14H27N/c1-11(15(2)3)13-10-6-8-12-7-4-5-9-14(12)13/h11-14H,4-10H2,1-3H3. The van der Waals surface area contributed by atoms with E-state index in [1.807, 2.05) is 0 Å². The van der Waals surface area contributed by atoms with Crippen LogP contribution >= 0.6 is 0 Å². The van der Waals surface area contributed by atoms with E-state index in [0.717, 1.165) is 23.8 Å². The van der Waals surface area contributed by atoms with Crippen molar-refractivity contribution in [2.45, 2.75) is 57.9 Å². The predicted octanol–water partition coefficient (Wildman–Crippen LogP) is 3.54. The summed E-state index contributed by atoms with van der Waals surface area (Å²) in [5, 5.41) is 0. The van der Waals surface area contributed by atoms with Crippen molar-refractivity contribution in [3.63, 3.8) is 0 Å². The molecule has 0 aromatic heterocycles. The molecule has 2 aliphatic carbocycles. The van der Waals surface area contributed by atoms with Crippen LogP contribution in [0.15, 0.2) is 0 Å². The van der Waals surface area contributed by atoms with Crippen LogP contribution in [0.3, 0.4) is 0 Å². The summed E-state index contributed by atoms with van der Waals surface area (Å²) in [4.78, 5) is 2.43. The summed E-state index contributed by atoms with van der Waals surface area (Å²) in [5.74, 6) is 3.13. The zero-order valence-electron chi connectivity index (χ0n) is 10.7. The summed E-state index contributed by atoms with van der Waals surface area (Å²) >= 11 is 0. The SMILES string of the molecule is CC(C1CCCC2CCCCC21)N(C)C. The van der Waals surface area contributed by atoms with Crippen LogP contribution in [-0.2, 0) is 0 Å². The van der Waals surface area contributed by atoms with Crippen molar-refractivity contribution in [2.24, 2.45) is 17.8 Å². The highest BCUT2D eigenvalue weighted by atomic mass is 15.1. The lowest BCUT2D eigenvalue weighted by Gasteiger charge is -2.45. The molecule has 0 aliphatic heterocycles. The molecule has 1 heteroatoms. The van der Waals surface area contributed by atoms with Gasteiger partial charge in [0.1, 0.15) is 0 Å². The fraction of sp³-hybridized carbons (Fsp3) is 1.00. The molecule has 0 aromatic carbocycles. The Labute approximate surface area is 95.2 Å². The molecule has 0 radical (unpaired) electrons. The van der Waals surface area contributed by atoms with E-state index >= 15 is 0 Å². The molecule has 0 N–H and O–H groups in total. The first kappa shape index (κ1) is 11.4. The molecule has 0 bridgehead atoms. The van der Waals surface area contributed by atoms with Crippen LogP contribution in [0, 0.1) is 17.8 Å². The van der Waals surface area contributed by atoms with Gasteiger partial charge in [0, 0.05) is 6.04 Å². The fourth-order valence-electron chi connectivity index (χ4n) is 3.97. The van der Waals surface area contributed by atoms with E-state index in [2.05, 4.69) is 25.9 Å². The van der Waals surface area contributed by atoms with E-state index in [9.17, 15) is 0 Å². The Morgan fingerprint density at radius 3 is 2.33 bits per heavy atom. The Morgan fingerprint density at radius 1 is 0.933 bits per heavy atom. The largest absolute Gasteiger partial charge is 0.306 e. The minimum atomic E-state index is 0.788. The lowest BCUT2D eigenvalue weighted by Crippen LogP contribution is -2.42. The van der Waals surface area contributed by atoms with E-state index < -0.39 is 0 Å². The maximum Gasteiger partial charge on any atom is 0.00918 e. The van der Waals surface area contributed by atoms with Gasteiger partial charge in [-0.15, -0.1) is 0 Å². The maximum atomic E-state index is 2.43. The zero-order chi connectivity index (χ0) is 10.8. The second kappa shape index (κ2) is 4.86. The summed E-state index contributed by atoms with van der Waals surface area (Å²) in [6.45, 7) is 2.43. The second-order valence-corrected chi connectivity index (χ2v) is 6.01. The average molecular weight is 209 g/mol. The van der Waals surface area contributed by atoms with E-state index in [4.69, 9.17) is 0 Å². The second-order valence-electron chi connectivity index (χ2n) is 6.01. The van der Waals surface area contributed by atoms with E-state index in [0.29, 0.717) is 0 Å². The average Bonchev–Trinajstić information content (AvgIpc) is 2.27. The fourth-order valence-corrected chi connectivity index (χ4v) is 3.97. The van der Waals surface area contributed by atoms with Crippen molar-refractivity contribution >= 4 is 0 Å². The molecule has 0 aromatic rings. The summed E-state index contributed by atoms with van der Waals surface area (Å²) in [6, 6.07) is 0.788. The van der Waals surface area contributed by atoms with Crippen molar-refractivity contribution in [1.29, 1.82) is 0 Å². The highest BCUT2D eigenvalue weighted by Crippen LogP contribution is 2.45. The smallest absolute Gasteiger partial charge is 0.00918 e. The predicted molar refractivity (Wildman–Crippen MR) is 65.9 cm³/mol. The van der Waals surface area contributed by atoms with Crippen LogP contribution in [0.5, 0.6) is 0 Å². The normalized spacial score (nSPS) is 38.8. The van der Waals surface area contributed by atoms with Gasteiger partial charge in [0.05, 0.1) is 0 Å². The van der Waals surface area contributed by atoms with Gasteiger partial charge in [-0.25, -0.2) is 0 Å². The van der Waals surface area contributed by atoms with Gasteiger partial charge in [-0.1, -0.05) is 32.1 Å². The first-order valence-electron chi connectivity index (χ1n) is 6.86. The Hall–Kier alpha value is -0.0400. The third-order valence-electron chi connectivity index (χ3n) is 5.06. The third-order valence-corrected chi connectivity index (χ3v) is 5.06. The highest BCUT2D eigenvalue weighted by molar-refractivity contribution is 4.89. The Bertz CT molecular complexity index is 198. The molecule has 1 nitrogen and oxygen atoms in total. The van der Waals surface area contributed by atoms with Gasteiger partial charge < -0.3 is 4.90 Å². The molecule has 2 saturated carbocycles. The van der Waals surface area contributed by atoms with Crippen molar-refractivity contribution < 1.29 is 0 Å². The molecule has 88 valence electrons. The summed E-state index contributed by atoms with van der Waals surface area (Å²) in [7, 11) is 4.49. The summed E-state index contributed by atoms with van der Waals surface area (Å²) < 4.78 is 0. The number of fused-ring (bicyclic) bond motifs is 1. The lowest BCUT2D eigenvalue weighted by molar-refractivity contribution is 0.0523. The number of nitrogens with zero attached hydrogens (tertiary/aromatic N) is 1. The molecule has 4 atom stereocenters.